The Morgan fingerprint density at radius 3 is 2.25 bits per heavy atom. The van der Waals surface area contributed by atoms with Gasteiger partial charge in [-0.25, -0.2) is 0 Å². The first kappa shape index (κ1) is 12.2. The zero-order chi connectivity index (χ0) is 14.1. The number of hydrogen-bond donors (Lipinski definition) is 2. The van der Waals surface area contributed by atoms with Crippen LogP contribution in [0.1, 0.15) is 20.7 Å². The summed E-state index contributed by atoms with van der Waals surface area (Å²) in [4.78, 5) is 39.7. The zero-order valence-corrected chi connectivity index (χ0v) is 10.4. The van der Waals surface area contributed by atoms with Crippen molar-refractivity contribution in [3.63, 3.8) is 0 Å². The third kappa shape index (κ3) is 1.97. The van der Waals surface area contributed by atoms with Crippen LogP contribution < -0.4 is 5.32 Å². The molecule has 100 valence electrons. The zero-order valence-electron chi connectivity index (χ0n) is 10.4. The highest BCUT2D eigenvalue weighted by atomic mass is 16.2. The van der Waals surface area contributed by atoms with E-state index in [-0.39, 0.29) is 6.54 Å². The molecule has 0 saturated heterocycles. The van der Waals surface area contributed by atoms with Crippen LogP contribution in [0.3, 0.4) is 0 Å². The summed E-state index contributed by atoms with van der Waals surface area (Å²) in [7, 11) is 0. The van der Waals surface area contributed by atoms with Crippen molar-refractivity contribution in [2.75, 3.05) is 11.9 Å². The van der Waals surface area contributed by atoms with Crippen molar-refractivity contribution in [2.24, 2.45) is 0 Å². The van der Waals surface area contributed by atoms with Crippen LogP contribution in [0.2, 0.25) is 0 Å². The number of amides is 3. The van der Waals surface area contributed by atoms with Crippen LogP contribution in [0.5, 0.6) is 0 Å². The van der Waals surface area contributed by atoms with Crippen LogP contribution in [-0.2, 0) is 4.79 Å². The Labute approximate surface area is 114 Å². The molecule has 3 rings (SSSR count). The molecule has 0 spiro atoms. The minimum atomic E-state index is -0.438. The highest BCUT2D eigenvalue weighted by molar-refractivity contribution is 6.22. The molecule has 6 nitrogen and oxygen atoms in total. The van der Waals surface area contributed by atoms with Crippen LogP contribution in [0.25, 0.3) is 0 Å². The molecular weight excluding hydrogens is 258 g/mol. The van der Waals surface area contributed by atoms with Gasteiger partial charge in [0.15, 0.2) is 0 Å². The molecule has 20 heavy (non-hydrogen) atoms. The van der Waals surface area contributed by atoms with Gasteiger partial charge in [0.05, 0.1) is 11.1 Å². The van der Waals surface area contributed by atoms with Gasteiger partial charge in [0.25, 0.3) is 11.8 Å². The predicted octanol–water partition coefficient (Wildman–Crippen LogP) is 1.25. The molecule has 1 aromatic carbocycles. The molecule has 2 heterocycles. The topological polar surface area (TPSA) is 82.3 Å². The second kappa shape index (κ2) is 4.65. The number of nitrogens with zero attached hydrogens (tertiary/aromatic N) is 1. The quantitative estimate of drug-likeness (QED) is 0.823. The molecule has 3 amide bonds. The van der Waals surface area contributed by atoms with Crippen molar-refractivity contribution in [3.05, 3.63) is 53.7 Å². The van der Waals surface area contributed by atoms with E-state index in [1.165, 1.54) is 0 Å². The van der Waals surface area contributed by atoms with Gasteiger partial charge in [0, 0.05) is 6.20 Å². The maximum atomic E-state index is 12.1. The van der Waals surface area contributed by atoms with Gasteiger partial charge >= 0.3 is 0 Å². The van der Waals surface area contributed by atoms with Crippen LogP contribution in [0, 0.1) is 0 Å². The van der Waals surface area contributed by atoms with Gasteiger partial charge in [0.2, 0.25) is 5.91 Å². The molecule has 0 fully saturated rings. The fourth-order valence-electron chi connectivity index (χ4n) is 2.12. The highest BCUT2D eigenvalue weighted by Crippen LogP contribution is 2.22. The number of fused-ring (bicyclic) bond motifs is 1. The number of nitrogens with one attached hydrogen (secondary N) is 2. The number of carbonyl (C=O) groups excluding carboxylic acids is 3. The lowest BCUT2D eigenvalue weighted by atomic mass is 10.1. The molecule has 1 aromatic heterocycles. The minimum Gasteiger partial charge on any atom is -0.348 e. The van der Waals surface area contributed by atoms with E-state index in [4.69, 9.17) is 0 Å². The molecule has 0 saturated carbocycles. The van der Waals surface area contributed by atoms with Crippen LogP contribution in [0.15, 0.2) is 42.6 Å². The van der Waals surface area contributed by atoms with Crippen molar-refractivity contribution in [1.82, 2.24) is 9.88 Å². The Morgan fingerprint density at radius 1 is 1.05 bits per heavy atom. The third-order valence-corrected chi connectivity index (χ3v) is 3.05. The standard InChI is InChI=1S/C14H11N3O3/c18-12(16-11-6-3-7-15-11)8-17-13(19)9-4-1-2-5-10(9)14(17)20/h1-7,15H,8H2,(H,16,18). The predicted molar refractivity (Wildman–Crippen MR) is 71.2 cm³/mol. The number of hydrogen-bond acceptors (Lipinski definition) is 3. The number of anilines is 1. The SMILES string of the molecule is O=C(CN1C(=O)c2ccccc2C1=O)Nc1ccc[nH]1. The van der Waals surface area contributed by atoms with Crippen molar-refractivity contribution >= 4 is 23.5 Å². The summed E-state index contributed by atoms with van der Waals surface area (Å²) in [6.45, 7) is -0.300. The maximum absolute atomic E-state index is 12.1. The lowest BCUT2D eigenvalue weighted by molar-refractivity contribution is -0.116. The Balaban J connectivity index is 1.75. The fraction of sp³-hybridized carbons (Fsp3) is 0.0714. The van der Waals surface area contributed by atoms with E-state index in [1.807, 2.05) is 0 Å². The van der Waals surface area contributed by atoms with Gasteiger partial charge in [-0.2, -0.15) is 0 Å². The van der Waals surface area contributed by atoms with E-state index >= 15 is 0 Å². The first-order chi connectivity index (χ1) is 9.66. The fourth-order valence-corrected chi connectivity index (χ4v) is 2.12. The van der Waals surface area contributed by atoms with Crippen molar-refractivity contribution in [2.45, 2.75) is 0 Å². The summed E-state index contributed by atoms with van der Waals surface area (Å²) in [5.41, 5.74) is 0.676. The van der Waals surface area contributed by atoms with Crippen molar-refractivity contribution < 1.29 is 14.4 Å². The molecule has 0 atom stereocenters. The molecule has 6 heteroatoms. The van der Waals surface area contributed by atoms with Gasteiger partial charge in [0.1, 0.15) is 12.4 Å². The lowest BCUT2D eigenvalue weighted by Gasteiger charge is -2.12. The first-order valence-electron chi connectivity index (χ1n) is 6.05. The van der Waals surface area contributed by atoms with Crippen molar-refractivity contribution in [1.29, 1.82) is 0 Å². The lowest BCUT2D eigenvalue weighted by Crippen LogP contribution is -2.37. The largest absolute Gasteiger partial charge is 0.348 e. The molecule has 0 bridgehead atoms. The van der Waals surface area contributed by atoms with E-state index in [2.05, 4.69) is 10.3 Å². The molecule has 2 aromatic rings. The van der Waals surface area contributed by atoms with Crippen molar-refractivity contribution in [3.8, 4) is 0 Å². The molecule has 0 unspecified atom stereocenters. The monoisotopic (exact) mass is 269 g/mol. The number of aromatic amines is 1. The Bertz CT molecular complexity index is 656. The summed E-state index contributed by atoms with van der Waals surface area (Å²) in [6, 6.07) is 9.95. The van der Waals surface area contributed by atoms with Gasteiger partial charge in [-0.05, 0) is 24.3 Å². The minimum absolute atomic E-state index is 0.300. The third-order valence-electron chi connectivity index (χ3n) is 3.05. The second-order valence-corrected chi connectivity index (χ2v) is 4.37. The van der Waals surface area contributed by atoms with Gasteiger partial charge in [-0.3, -0.25) is 19.3 Å². The number of benzene rings is 1. The van der Waals surface area contributed by atoms with Gasteiger partial charge in [-0.15, -0.1) is 0 Å². The van der Waals surface area contributed by atoms with E-state index in [0.717, 1.165) is 4.90 Å². The van der Waals surface area contributed by atoms with Crippen LogP contribution in [0.4, 0.5) is 5.82 Å². The van der Waals surface area contributed by atoms with E-state index in [0.29, 0.717) is 16.9 Å². The molecule has 0 aliphatic carbocycles. The summed E-state index contributed by atoms with van der Waals surface area (Å²) >= 11 is 0. The van der Waals surface area contributed by atoms with Gasteiger partial charge < -0.3 is 10.3 Å². The molecule has 1 aliphatic rings. The summed E-state index contributed by atoms with van der Waals surface area (Å²) in [5, 5.41) is 2.58. The molecule has 0 radical (unpaired) electrons. The highest BCUT2D eigenvalue weighted by Gasteiger charge is 2.36. The Morgan fingerprint density at radius 2 is 1.70 bits per heavy atom. The smallest absolute Gasteiger partial charge is 0.262 e. The first-order valence-corrected chi connectivity index (χ1v) is 6.05. The van der Waals surface area contributed by atoms with Gasteiger partial charge in [-0.1, -0.05) is 12.1 Å². The number of H-pyrrole nitrogens is 1. The summed E-state index contributed by atoms with van der Waals surface area (Å²) in [5.74, 6) is -0.784. The molecule has 2 N–H and O–H groups in total. The molecular formula is C14H11N3O3. The number of aromatic nitrogens is 1. The van der Waals surface area contributed by atoms with Crippen LogP contribution in [-0.4, -0.2) is 34.2 Å². The Kier molecular flexibility index (Phi) is 2.83. The van der Waals surface area contributed by atoms with E-state index < -0.39 is 17.7 Å². The van der Waals surface area contributed by atoms with E-state index in [1.54, 1.807) is 42.6 Å². The average Bonchev–Trinajstić information content (AvgIpc) is 3.03. The Hall–Kier alpha value is -2.89. The number of carbonyl (C=O) groups is 3. The number of imide groups is 1. The van der Waals surface area contributed by atoms with Crippen LogP contribution >= 0.6 is 0 Å². The molecule has 1 aliphatic heterocycles. The average molecular weight is 269 g/mol. The maximum Gasteiger partial charge on any atom is 0.262 e. The normalized spacial score (nSPS) is 13.5. The summed E-state index contributed by atoms with van der Waals surface area (Å²) < 4.78 is 0. The summed E-state index contributed by atoms with van der Waals surface area (Å²) in [6.07, 6.45) is 1.66. The number of rotatable bonds is 3. The second-order valence-electron chi connectivity index (χ2n) is 4.37. The van der Waals surface area contributed by atoms with E-state index in [9.17, 15) is 14.4 Å².